The Hall–Kier alpha value is -2.44. The molecule has 7 nitrogen and oxygen atoms in total. The lowest BCUT2D eigenvalue weighted by atomic mass is 9.97. The van der Waals surface area contributed by atoms with Crippen LogP contribution in [0.5, 0.6) is 0 Å². The summed E-state index contributed by atoms with van der Waals surface area (Å²) in [7, 11) is 0. The van der Waals surface area contributed by atoms with Gasteiger partial charge in [0.05, 0.1) is 16.8 Å². The van der Waals surface area contributed by atoms with Gasteiger partial charge >= 0.3 is 5.97 Å². The number of hydrogen-bond acceptors (Lipinski definition) is 4. The van der Waals surface area contributed by atoms with Gasteiger partial charge in [-0.3, -0.25) is 9.59 Å². The molecule has 0 unspecified atom stereocenters. The minimum Gasteiger partial charge on any atom is -0.478 e. The number of hydrogen-bond donors (Lipinski definition) is 1. The minimum absolute atomic E-state index is 0.0932. The number of nitrogens with zero attached hydrogens (tertiary/aromatic N) is 3. The highest BCUT2D eigenvalue weighted by molar-refractivity contribution is 5.95. The molecule has 2 heterocycles. The molecule has 1 N–H and O–H groups in total. The fourth-order valence-corrected chi connectivity index (χ4v) is 3.35. The lowest BCUT2D eigenvalue weighted by molar-refractivity contribution is -0.136. The molecule has 2 amide bonds. The van der Waals surface area contributed by atoms with Gasteiger partial charge in [-0.2, -0.15) is 0 Å². The summed E-state index contributed by atoms with van der Waals surface area (Å²) in [6.07, 6.45) is 1.94. The van der Waals surface area contributed by atoms with Crippen molar-refractivity contribution in [2.24, 2.45) is 5.92 Å². The molecule has 7 heteroatoms. The van der Waals surface area contributed by atoms with E-state index >= 15 is 0 Å². The number of carbonyl (C=O) groups is 3. The summed E-state index contributed by atoms with van der Waals surface area (Å²) in [5.41, 5.74) is 0.146. The molecule has 25 heavy (non-hydrogen) atoms. The molecule has 3 rings (SSSR count). The van der Waals surface area contributed by atoms with Gasteiger partial charge in [0.25, 0.3) is 5.91 Å². The highest BCUT2D eigenvalue weighted by Crippen LogP contribution is 2.33. The molecule has 0 atom stereocenters. The first-order valence-corrected chi connectivity index (χ1v) is 8.52. The van der Waals surface area contributed by atoms with Gasteiger partial charge in [-0.1, -0.05) is 0 Å². The van der Waals surface area contributed by atoms with Crippen molar-refractivity contribution in [3.8, 4) is 0 Å². The van der Waals surface area contributed by atoms with Crippen LogP contribution in [-0.4, -0.2) is 62.8 Å². The number of carboxylic acid groups (broad SMARTS) is 1. The Morgan fingerprint density at radius 3 is 2.40 bits per heavy atom. The molecule has 1 saturated carbocycles. The molecule has 2 fully saturated rings. The van der Waals surface area contributed by atoms with Crippen LogP contribution in [0.15, 0.2) is 12.1 Å². The first kappa shape index (κ1) is 17.4. The van der Waals surface area contributed by atoms with E-state index in [9.17, 15) is 14.4 Å². The third-order valence-corrected chi connectivity index (χ3v) is 4.92. The Morgan fingerprint density at radius 1 is 1.20 bits per heavy atom. The summed E-state index contributed by atoms with van der Waals surface area (Å²) in [6, 6.07) is 2.87. The first-order valence-electron chi connectivity index (χ1n) is 8.52. The van der Waals surface area contributed by atoms with Crippen LogP contribution in [0.25, 0.3) is 0 Å². The van der Waals surface area contributed by atoms with E-state index in [0.717, 1.165) is 12.8 Å². The Morgan fingerprint density at radius 2 is 1.88 bits per heavy atom. The molecule has 1 aliphatic carbocycles. The smallest absolute Gasteiger partial charge is 0.337 e. The number of carboxylic acids is 1. The summed E-state index contributed by atoms with van der Waals surface area (Å²) < 4.78 is 0. The van der Waals surface area contributed by atoms with Crippen molar-refractivity contribution in [2.75, 3.05) is 19.6 Å². The molecule has 2 aliphatic rings. The molecule has 1 saturated heterocycles. The summed E-state index contributed by atoms with van der Waals surface area (Å²) in [6.45, 7) is 6.94. The third-order valence-electron chi connectivity index (χ3n) is 4.92. The molecule has 0 spiro atoms. The fourth-order valence-electron chi connectivity index (χ4n) is 3.35. The standard InChI is InChI=1S/C18H23N3O4/c1-11-13(17(24)25)6-7-14(19-11)16(23)21-9-8-20(10-18(21,2)3)15(22)12-4-5-12/h6-7,12H,4-5,8-10H2,1-3H3,(H,24,25). The molecular formula is C18H23N3O4. The van der Waals surface area contributed by atoms with Gasteiger partial charge in [-0.15, -0.1) is 0 Å². The largest absolute Gasteiger partial charge is 0.478 e. The predicted octanol–water partition coefficient (Wildman–Crippen LogP) is 1.56. The van der Waals surface area contributed by atoms with Crippen molar-refractivity contribution < 1.29 is 19.5 Å². The molecule has 134 valence electrons. The van der Waals surface area contributed by atoms with E-state index in [1.54, 1.807) is 11.8 Å². The topological polar surface area (TPSA) is 90.8 Å². The number of amides is 2. The number of piperazine rings is 1. The van der Waals surface area contributed by atoms with Crippen LogP contribution < -0.4 is 0 Å². The van der Waals surface area contributed by atoms with E-state index in [4.69, 9.17) is 5.11 Å². The summed E-state index contributed by atoms with van der Waals surface area (Å²) in [4.78, 5) is 44.0. The van der Waals surface area contributed by atoms with Crippen LogP contribution >= 0.6 is 0 Å². The van der Waals surface area contributed by atoms with Crippen LogP contribution in [0.1, 0.15) is 53.2 Å². The number of aryl methyl sites for hydroxylation is 1. The zero-order valence-electron chi connectivity index (χ0n) is 14.8. The summed E-state index contributed by atoms with van der Waals surface area (Å²) >= 11 is 0. The number of pyridine rings is 1. The van der Waals surface area contributed by atoms with E-state index in [1.165, 1.54) is 12.1 Å². The second-order valence-corrected chi connectivity index (χ2v) is 7.44. The van der Waals surface area contributed by atoms with E-state index < -0.39 is 11.5 Å². The highest BCUT2D eigenvalue weighted by atomic mass is 16.4. The minimum atomic E-state index is -1.06. The van der Waals surface area contributed by atoms with E-state index in [-0.39, 0.29) is 29.0 Å². The van der Waals surface area contributed by atoms with Crippen molar-refractivity contribution in [3.63, 3.8) is 0 Å². The molecule has 0 aromatic carbocycles. The van der Waals surface area contributed by atoms with Gasteiger partial charge in [0.15, 0.2) is 0 Å². The van der Waals surface area contributed by atoms with Crippen LogP contribution in [0.4, 0.5) is 0 Å². The van der Waals surface area contributed by atoms with Gasteiger partial charge in [-0.25, -0.2) is 9.78 Å². The molecule has 1 aromatic heterocycles. The zero-order valence-corrected chi connectivity index (χ0v) is 14.8. The number of aromatic nitrogens is 1. The number of rotatable bonds is 3. The van der Waals surface area contributed by atoms with Gasteiger partial charge in [0.1, 0.15) is 5.69 Å². The van der Waals surface area contributed by atoms with Crippen LogP contribution in [0.3, 0.4) is 0 Å². The summed E-state index contributed by atoms with van der Waals surface area (Å²) in [5, 5.41) is 9.09. The second-order valence-electron chi connectivity index (χ2n) is 7.44. The zero-order chi connectivity index (χ0) is 18.4. The van der Waals surface area contributed by atoms with Crippen molar-refractivity contribution in [2.45, 2.75) is 39.2 Å². The molecule has 0 radical (unpaired) electrons. The van der Waals surface area contributed by atoms with Gasteiger partial charge in [-0.05, 0) is 45.7 Å². The molecule has 1 aliphatic heterocycles. The lowest BCUT2D eigenvalue weighted by Gasteiger charge is -2.47. The van der Waals surface area contributed by atoms with Gasteiger partial charge in [0.2, 0.25) is 5.91 Å². The van der Waals surface area contributed by atoms with E-state index in [1.807, 2.05) is 18.7 Å². The average Bonchev–Trinajstić information content (AvgIpc) is 3.37. The Bertz CT molecular complexity index is 740. The van der Waals surface area contributed by atoms with E-state index in [2.05, 4.69) is 4.98 Å². The predicted molar refractivity (Wildman–Crippen MR) is 90.4 cm³/mol. The Kier molecular flexibility index (Phi) is 4.26. The van der Waals surface area contributed by atoms with Crippen molar-refractivity contribution >= 4 is 17.8 Å². The average molecular weight is 345 g/mol. The maximum absolute atomic E-state index is 12.9. The Labute approximate surface area is 146 Å². The maximum Gasteiger partial charge on any atom is 0.337 e. The maximum atomic E-state index is 12.9. The first-order chi connectivity index (χ1) is 11.7. The fraction of sp³-hybridized carbons (Fsp3) is 0.556. The van der Waals surface area contributed by atoms with Gasteiger partial charge < -0.3 is 14.9 Å². The van der Waals surface area contributed by atoms with Crippen molar-refractivity contribution in [1.29, 1.82) is 0 Å². The van der Waals surface area contributed by atoms with E-state index in [0.29, 0.717) is 25.3 Å². The van der Waals surface area contributed by atoms with Crippen molar-refractivity contribution in [1.82, 2.24) is 14.8 Å². The normalized spacial score (nSPS) is 19.6. The van der Waals surface area contributed by atoms with Crippen molar-refractivity contribution in [3.05, 3.63) is 29.1 Å². The summed E-state index contributed by atoms with van der Waals surface area (Å²) in [5.74, 6) is -0.925. The molecule has 1 aromatic rings. The van der Waals surface area contributed by atoms with Crippen LogP contribution in [0, 0.1) is 12.8 Å². The molecular weight excluding hydrogens is 322 g/mol. The lowest BCUT2D eigenvalue weighted by Crippen LogP contribution is -2.62. The number of aromatic carboxylic acids is 1. The second kappa shape index (κ2) is 6.13. The quantitative estimate of drug-likeness (QED) is 0.898. The van der Waals surface area contributed by atoms with Crippen LogP contribution in [-0.2, 0) is 4.79 Å². The molecule has 0 bridgehead atoms. The van der Waals surface area contributed by atoms with Gasteiger partial charge in [0, 0.05) is 25.6 Å². The Balaban J connectivity index is 1.77. The SMILES string of the molecule is Cc1nc(C(=O)N2CCN(C(=O)C3CC3)CC2(C)C)ccc1C(=O)O. The third kappa shape index (κ3) is 3.36. The highest BCUT2D eigenvalue weighted by Gasteiger charge is 2.42. The monoisotopic (exact) mass is 345 g/mol. The number of carbonyl (C=O) groups excluding carboxylic acids is 2. The van der Waals surface area contributed by atoms with Crippen LogP contribution in [0.2, 0.25) is 0 Å².